The molecule has 3 aliphatic heterocycles. The van der Waals surface area contributed by atoms with Gasteiger partial charge in [-0.15, -0.1) is 0 Å². The molecule has 1 N–H and O–H groups in total. The van der Waals surface area contributed by atoms with Crippen molar-refractivity contribution < 1.29 is 24.1 Å². The number of carbonyl (C=O) groups is 1. The van der Waals surface area contributed by atoms with Gasteiger partial charge in [-0.1, -0.05) is 45.4 Å². The zero-order valence-electron chi connectivity index (χ0n) is 17.0. The number of aliphatic hydroxyl groups is 1. The fourth-order valence-corrected chi connectivity index (χ4v) is 4.12. The third kappa shape index (κ3) is 5.01. The van der Waals surface area contributed by atoms with Crippen LogP contribution in [0.5, 0.6) is 0 Å². The van der Waals surface area contributed by atoms with Crippen molar-refractivity contribution in [3.05, 3.63) is 24.3 Å². The molecule has 3 aliphatic rings. The average Bonchev–Trinajstić information content (AvgIpc) is 3.53. The maximum Gasteiger partial charge on any atom is 0.311 e. The molecule has 5 nitrogen and oxygen atoms in total. The molecule has 2 fully saturated rings. The molecule has 5 heteroatoms. The standard InChI is InChI=1S/C22H34O5/c1-6-7-13(3)16-9-8-12(2)10-17-18(25-17)11-14(4)20-21(27-20)19(23)15(5)22(24)26-16/h8-9,13-21,23H,2,6-7,10-11H2,1,3-5H3/b9-8+/t13-,14?,15+,16+,17-,18+,19-,20+,21+/m0/s1. The van der Waals surface area contributed by atoms with Gasteiger partial charge < -0.3 is 19.3 Å². The molecule has 0 aromatic heterocycles. The van der Waals surface area contributed by atoms with Crippen molar-refractivity contribution in [3.63, 3.8) is 0 Å². The molecule has 3 heterocycles. The van der Waals surface area contributed by atoms with Crippen LogP contribution in [0.3, 0.4) is 0 Å². The number of cyclic esters (lactones) is 1. The summed E-state index contributed by atoms with van der Waals surface area (Å²) in [6.45, 7) is 12.2. The highest BCUT2D eigenvalue weighted by molar-refractivity contribution is 5.73. The summed E-state index contributed by atoms with van der Waals surface area (Å²) in [6, 6.07) is 0. The van der Waals surface area contributed by atoms with E-state index in [9.17, 15) is 9.90 Å². The van der Waals surface area contributed by atoms with E-state index in [-0.39, 0.29) is 48.3 Å². The van der Waals surface area contributed by atoms with Gasteiger partial charge in [0.15, 0.2) is 0 Å². The van der Waals surface area contributed by atoms with Gasteiger partial charge in [0.05, 0.1) is 30.3 Å². The molecule has 0 saturated carbocycles. The highest BCUT2D eigenvalue weighted by Gasteiger charge is 2.52. The van der Waals surface area contributed by atoms with Crippen LogP contribution in [0.25, 0.3) is 0 Å². The van der Waals surface area contributed by atoms with Crippen LogP contribution in [-0.4, -0.2) is 47.7 Å². The molecule has 152 valence electrons. The van der Waals surface area contributed by atoms with E-state index in [4.69, 9.17) is 14.2 Å². The maximum absolute atomic E-state index is 12.7. The van der Waals surface area contributed by atoms with Crippen molar-refractivity contribution in [1.82, 2.24) is 0 Å². The zero-order chi connectivity index (χ0) is 19.7. The number of carbonyl (C=O) groups excluding carboxylic acids is 1. The molecule has 0 bridgehead atoms. The fraction of sp³-hybridized carbons (Fsp3) is 0.773. The number of esters is 1. The van der Waals surface area contributed by atoms with Crippen LogP contribution in [-0.2, 0) is 19.0 Å². The largest absolute Gasteiger partial charge is 0.458 e. The Morgan fingerprint density at radius 3 is 2.70 bits per heavy atom. The molecule has 2 saturated heterocycles. The van der Waals surface area contributed by atoms with E-state index in [0.29, 0.717) is 0 Å². The quantitative estimate of drug-likeness (QED) is 0.602. The van der Waals surface area contributed by atoms with Crippen LogP contribution in [0.15, 0.2) is 24.3 Å². The molecule has 3 rings (SSSR count). The lowest BCUT2D eigenvalue weighted by Gasteiger charge is -2.24. The minimum Gasteiger partial charge on any atom is -0.458 e. The fourth-order valence-electron chi connectivity index (χ4n) is 4.12. The Bertz CT molecular complexity index is 585. The number of hydrogen-bond acceptors (Lipinski definition) is 5. The van der Waals surface area contributed by atoms with Gasteiger partial charge in [-0.2, -0.15) is 0 Å². The minimum atomic E-state index is -0.841. The summed E-state index contributed by atoms with van der Waals surface area (Å²) in [5, 5.41) is 10.6. The lowest BCUT2D eigenvalue weighted by Crippen LogP contribution is -2.36. The number of aliphatic hydroxyl groups excluding tert-OH is 1. The zero-order valence-corrected chi connectivity index (χ0v) is 17.0. The summed E-state index contributed by atoms with van der Waals surface area (Å²) in [4.78, 5) is 12.7. The van der Waals surface area contributed by atoms with Crippen LogP contribution in [0.1, 0.15) is 53.4 Å². The second-order valence-electron chi connectivity index (χ2n) is 8.66. The number of epoxide rings is 2. The number of fused-ring (bicyclic) bond motifs is 2. The van der Waals surface area contributed by atoms with Gasteiger partial charge >= 0.3 is 5.97 Å². The molecule has 9 atom stereocenters. The van der Waals surface area contributed by atoms with Crippen LogP contribution in [0.4, 0.5) is 0 Å². The van der Waals surface area contributed by atoms with Gasteiger partial charge in [-0.3, -0.25) is 4.79 Å². The number of ether oxygens (including phenoxy) is 3. The Morgan fingerprint density at radius 1 is 1.26 bits per heavy atom. The molecule has 0 spiro atoms. The van der Waals surface area contributed by atoms with E-state index in [1.807, 2.05) is 12.2 Å². The second kappa shape index (κ2) is 8.46. The van der Waals surface area contributed by atoms with Crippen LogP contribution < -0.4 is 0 Å². The number of allylic oxidation sites excluding steroid dienone is 1. The topological polar surface area (TPSA) is 71.6 Å². The Hall–Kier alpha value is -1.17. The van der Waals surface area contributed by atoms with E-state index >= 15 is 0 Å². The number of hydrogen-bond donors (Lipinski definition) is 1. The Morgan fingerprint density at radius 2 is 2.00 bits per heavy atom. The molecular weight excluding hydrogens is 344 g/mol. The first-order chi connectivity index (χ1) is 12.8. The third-order valence-corrected chi connectivity index (χ3v) is 6.18. The second-order valence-corrected chi connectivity index (χ2v) is 8.66. The van der Waals surface area contributed by atoms with Gasteiger partial charge in [-0.05, 0) is 37.7 Å². The molecule has 1 unspecified atom stereocenters. The Labute approximate surface area is 162 Å². The minimum absolute atomic E-state index is 0.0126. The molecule has 0 radical (unpaired) electrons. The van der Waals surface area contributed by atoms with E-state index < -0.39 is 12.0 Å². The summed E-state index contributed by atoms with van der Waals surface area (Å²) in [5.74, 6) is -0.490. The van der Waals surface area contributed by atoms with Crippen molar-refractivity contribution >= 4 is 5.97 Å². The lowest BCUT2D eigenvalue weighted by atomic mass is 9.92. The summed E-state index contributed by atoms with van der Waals surface area (Å²) in [6.07, 6.45) is 6.58. The first kappa shape index (κ1) is 20.6. The van der Waals surface area contributed by atoms with Crippen LogP contribution in [0, 0.1) is 17.8 Å². The molecule has 0 aliphatic carbocycles. The third-order valence-electron chi connectivity index (χ3n) is 6.18. The lowest BCUT2D eigenvalue weighted by molar-refractivity contribution is -0.157. The van der Waals surface area contributed by atoms with E-state index in [2.05, 4.69) is 27.4 Å². The van der Waals surface area contributed by atoms with Gasteiger partial charge in [0.1, 0.15) is 12.2 Å². The molecule has 0 amide bonds. The highest BCUT2D eigenvalue weighted by Crippen LogP contribution is 2.41. The van der Waals surface area contributed by atoms with Gasteiger partial charge in [0, 0.05) is 6.42 Å². The van der Waals surface area contributed by atoms with Gasteiger partial charge in [0.25, 0.3) is 0 Å². The predicted molar refractivity (Wildman–Crippen MR) is 103 cm³/mol. The molecule has 27 heavy (non-hydrogen) atoms. The van der Waals surface area contributed by atoms with Crippen molar-refractivity contribution in [2.45, 2.75) is 90.0 Å². The van der Waals surface area contributed by atoms with E-state index in [0.717, 1.165) is 31.3 Å². The van der Waals surface area contributed by atoms with Crippen LogP contribution in [0.2, 0.25) is 0 Å². The molecule has 0 aromatic carbocycles. The summed E-state index contributed by atoms with van der Waals surface area (Å²) in [5.41, 5.74) is 0.989. The van der Waals surface area contributed by atoms with Gasteiger partial charge in [-0.25, -0.2) is 0 Å². The summed E-state index contributed by atoms with van der Waals surface area (Å²) >= 11 is 0. The smallest absolute Gasteiger partial charge is 0.311 e. The summed E-state index contributed by atoms with van der Waals surface area (Å²) in [7, 11) is 0. The maximum atomic E-state index is 12.7. The van der Waals surface area contributed by atoms with Crippen molar-refractivity contribution in [1.29, 1.82) is 0 Å². The van der Waals surface area contributed by atoms with Gasteiger partial charge in [0.2, 0.25) is 0 Å². The predicted octanol–water partition coefficient (Wildman–Crippen LogP) is 3.41. The number of rotatable bonds is 3. The van der Waals surface area contributed by atoms with Crippen molar-refractivity contribution in [3.8, 4) is 0 Å². The Kier molecular flexibility index (Phi) is 6.44. The first-order valence-corrected chi connectivity index (χ1v) is 10.4. The highest BCUT2D eigenvalue weighted by atomic mass is 16.6. The monoisotopic (exact) mass is 378 g/mol. The normalized spacial score (nSPS) is 44.8. The van der Waals surface area contributed by atoms with E-state index in [1.165, 1.54) is 0 Å². The Balaban J connectivity index is 1.76. The molecular formula is C22H34O5. The molecule has 0 aromatic rings. The summed E-state index contributed by atoms with van der Waals surface area (Å²) < 4.78 is 17.3. The van der Waals surface area contributed by atoms with E-state index in [1.54, 1.807) is 6.92 Å². The van der Waals surface area contributed by atoms with Crippen LogP contribution >= 0.6 is 0 Å². The van der Waals surface area contributed by atoms with Crippen molar-refractivity contribution in [2.24, 2.45) is 17.8 Å². The SMILES string of the molecule is C=C1/C=C/[C@H]([C@@H](C)CCC)OC(=O)[C@H](C)[C@H](O)[C@H]2O[C@@H]2C(C)C[C@H]2O[C@H]2C1. The first-order valence-electron chi connectivity index (χ1n) is 10.4. The van der Waals surface area contributed by atoms with Crippen molar-refractivity contribution in [2.75, 3.05) is 0 Å². The average molecular weight is 379 g/mol.